The van der Waals surface area contributed by atoms with Gasteiger partial charge in [0, 0.05) is 5.75 Å². The van der Waals surface area contributed by atoms with Crippen LogP contribution in [0.2, 0.25) is 0 Å². The fraction of sp³-hybridized carbons (Fsp3) is 0.727. The van der Waals surface area contributed by atoms with Crippen molar-refractivity contribution in [1.29, 1.82) is 0 Å². The number of likely N-dealkylation sites (N-methyl/N-ethyl adjacent to an activating group) is 1. The minimum absolute atomic E-state index is 0.104. The van der Waals surface area contributed by atoms with Crippen LogP contribution in [0.3, 0.4) is 0 Å². The Balaban J connectivity index is 4.47. The molecular formula is C11H21N3O4S. The van der Waals surface area contributed by atoms with Crippen LogP contribution in [0.5, 0.6) is 0 Å². The number of hydrogen-bond donors (Lipinski definition) is 4. The third kappa shape index (κ3) is 7.14. The summed E-state index contributed by atoms with van der Waals surface area (Å²) >= 11 is 3.95. The first kappa shape index (κ1) is 17.9. The van der Waals surface area contributed by atoms with E-state index in [1.165, 1.54) is 6.92 Å². The smallest absolute Gasteiger partial charge is 0.245 e. The van der Waals surface area contributed by atoms with Crippen LogP contribution in [-0.2, 0) is 14.4 Å². The van der Waals surface area contributed by atoms with Crippen molar-refractivity contribution < 1.29 is 19.5 Å². The number of Topliss-reactive ketones (excluding diaryl/α,β-unsaturated/α-hetero) is 1. The van der Waals surface area contributed by atoms with Gasteiger partial charge in [-0.1, -0.05) is 0 Å². The Hall–Kier alpha value is -1.12. The number of nitrogens with one attached hydrogen (secondary N) is 2. The van der Waals surface area contributed by atoms with Gasteiger partial charge in [-0.15, -0.1) is 0 Å². The third-order valence-electron chi connectivity index (χ3n) is 2.28. The normalized spacial score (nSPS) is 13.8. The van der Waals surface area contributed by atoms with Crippen LogP contribution in [0.15, 0.2) is 0 Å². The molecule has 0 saturated carbocycles. The maximum absolute atomic E-state index is 11.8. The summed E-state index contributed by atoms with van der Waals surface area (Å²) in [4.78, 5) is 36.1. The van der Waals surface area contributed by atoms with Crippen molar-refractivity contribution in [1.82, 2.24) is 15.5 Å². The van der Waals surface area contributed by atoms with Gasteiger partial charge in [0.2, 0.25) is 11.8 Å². The molecule has 2 amide bonds. The zero-order valence-corrected chi connectivity index (χ0v) is 12.2. The van der Waals surface area contributed by atoms with Crippen molar-refractivity contribution >= 4 is 30.2 Å². The van der Waals surface area contributed by atoms with E-state index in [9.17, 15) is 14.4 Å². The van der Waals surface area contributed by atoms with Crippen molar-refractivity contribution in [3.63, 3.8) is 0 Å². The number of thiol groups is 1. The molecule has 0 aromatic carbocycles. The third-order valence-corrected chi connectivity index (χ3v) is 2.65. The highest BCUT2D eigenvalue weighted by Crippen LogP contribution is 1.93. The molecular weight excluding hydrogens is 270 g/mol. The van der Waals surface area contributed by atoms with E-state index in [-0.39, 0.29) is 24.0 Å². The molecule has 0 spiro atoms. The Morgan fingerprint density at radius 2 is 1.79 bits per heavy atom. The van der Waals surface area contributed by atoms with Gasteiger partial charge in [0.15, 0.2) is 5.78 Å². The first-order valence-electron chi connectivity index (χ1n) is 5.78. The van der Waals surface area contributed by atoms with Crippen LogP contribution in [0.1, 0.15) is 6.92 Å². The van der Waals surface area contributed by atoms with E-state index >= 15 is 0 Å². The highest BCUT2D eigenvalue weighted by molar-refractivity contribution is 7.80. The first-order valence-corrected chi connectivity index (χ1v) is 6.41. The van der Waals surface area contributed by atoms with E-state index in [0.29, 0.717) is 0 Å². The lowest BCUT2D eigenvalue weighted by Gasteiger charge is -2.20. The van der Waals surface area contributed by atoms with Gasteiger partial charge in [-0.3, -0.25) is 14.4 Å². The van der Waals surface area contributed by atoms with Gasteiger partial charge in [-0.2, -0.15) is 12.6 Å². The topological polar surface area (TPSA) is 98.7 Å². The molecule has 110 valence electrons. The van der Waals surface area contributed by atoms with Gasteiger partial charge < -0.3 is 20.6 Å². The van der Waals surface area contributed by atoms with Crippen LogP contribution < -0.4 is 10.6 Å². The minimum atomic E-state index is -1.07. The fourth-order valence-electron chi connectivity index (χ4n) is 1.27. The number of aliphatic hydroxyl groups is 1. The molecule has 0 aliphatic carbocycles. The largest absolute Gasteiger partial charge is 0.394 e. The van der Waals surface area contributed by atoms with Crippen LogP contribution in [0.25, 0.3) is 0 Å². The summed E-state index contributed by atoms with van der Waals surface area (Å²) < 4.78 is 0. The van der Waals surface area contributed by atoms with E-state index < -0.39 is 24.6 Å². The van der Waals surface area contributed by atoms with E-state index in [1.807, 2.05) is 0 Å². The lowest BCUT2D eigenvalue weighted by Crippen LogP contribution is -2.54. The summed E-state index contributed by atoms with van der Waals surface area (Å²) in [5.74, 6) is -1.07. The number of aliphatic hydroxyl groups excluding tert-OH is 1. The zero-order chi connectivity index (χ0) is 15.0. The second kappa shape index (κ2) is 8.89. The summed E-state index contributed by atoms with van der Waals surface area (Å²) in [6.07, 6.45) is 0. The Morgan fingerprint density at radius 1 is 1.21 bits per heavy atom. The van der Waals surface area contributed by atoms with Crippen LogP contribution in [-0.4, -0.2) is 72.7 Å². The SMILES string of the molecule is CC(=O)C(CS)NC(=O)C(CO)NC(=O)CN(C)C. The average molecular weight is 291 g/mol. The first-order chi connectivity index (χ1) is 8.81. The van der Waals surface area contributed by atoms with Crippen LogP contribution in [0.4, 0.5) is 0 Å². The summed E-state index contributed by atoms with van der Waals surface area (Å²) in [6.45, 7) is 0.897. The Kier molecular flexibility index (Phi) is 8.37. The molecule has 8 heteroatoms. The Bertz CT molecular complexity index is 336. The second-order valence-electron chi connectivity index (χ2n) is 4.39. The standard InChI is InChI=1S/C11H21N3O4S/c1-7(16)9(6-19)13-11(18)8(5-15)12-10(17)4-14(2)3/h8-9,15,19H,4-6H2,1-3H3,(H,12,17)(H,13,18). The Labute approximate surface area is 118 Å². The van der Waals surface area contributed by atoms with E-state index in [2.05, 4.69) is 23.3 Å². The van der Waals surface area contributed by atoms with Crippen molar-refractivity contribution in [2.24, 2.45) is 0 Å². The van der Waals surface area contributed by atoms with Gasteiger partial charge >= 0.3 is 0 Å². The van der Waals surface area contributed by atoms with E-state index in [1.54, 1.807) is 19.0 Å². The Morgan fingerprint density at radius 3 is 2.16 bits per heavy atom. The summed E-state index contributed by atoms with van der Waals surface area (Å²) in [5.41, 5.74) is 0. The van der Waals surface area contributed by atoms with Crippen LogP contribution in [0, 0.1) is 0 Å². The molecule has 0 aromatic heterocycles. The van der Waals surface area contributed by atoms with Gasteiger partial charge in [0.25, 0.3) is 0 Å². The number of rotatable bonds is 8. The molecule has 0 aliphatic heterocycles. The maximum Gasteiger partial charge on any atom is 0.245 e. The zero-order valence-electron chi connectivity index (χ0n) is 11.3. The monoisotopic (exact) mass is 291 g/mol. The summed E-state index contributed by atoms with van der Waals surface area (Å²) in [6, 6.07) is -1.80. The molecule has 19 heavy (non-hydrogen) atoms. The van der Waals surface area contributed by atoms with Crippen molar-refractivity contribution in [3.05, 3.63) is 0 Å². The fourth-order valence-corrected chi connectivity index (χ4v) is 1.62. The lowest BCUT2D eigenvalue weighted by atomic mass is 10.2. The van der Waals surface area contributed by atoms with E-state index in [4.69, 9.17) is 5.11 Å². The van der Waals surface area contributed by atoms with Crippen molar-refractivity contribution in [2.45, 2.75) is 19.0 Å². The highest BCUT2D eigenvalue weighted by atomic mass is 32.1. The maximum atomic E-state index is 11.8. The molecule has 0 aromatic rings. The predicted molar refractivity (Wildman–Crippen MR) is 74.0 cm³/mol. The molecule has 7 nitrogen and oxygen atoms in total. The molecule has 2 atom stereocenters. The van der Waals surface area contributed by atoms with Gasteiger partial charge in [-0.25, -0.2) is 0 Å². The van der Waals surface area contributed by atoms with Gasteiger partial charge in [0.1, 0.15) is 6.04 Å². The van der Waals surface area contributed by atoms with Crippen molar-refractivity contribution in [2.75, 3.05) is 33.0 Å². The number of carbonyl (C=O) groups excluding carboxylic acids is 3. The number of ketones is 1. The summed E-state index contributed by atoms with van der Waals surface area (Å²) in [7, 11) is 3.42. The second-order valence-corrected chi connectivity index (χ2v) is 4.76. The number of amides is 2. The molecule has 0 saturated heterocycles. The lowest BCUT2D eigenvalue weighted by molar-refractivity contribution is -0.132. The molecule has 2 unspecified atom stereocenters. The summed E-state index contributed by atoms with van der Waals surface area (Å²) in [5, 5.41) is 13.9. The molecule has 0 heterocycles. The molecule has 0 bridgehead atoms. The minimum Gasteiger partial charge on any atom is -0.394 e. The predicted octanol–water partition coefficient (Wildman–Crippen LogP) is -1.97. The highest BCUT2D eigenvalue weighted by Gasteiger charge is 2.23. The van der Waals surface area contributed by atoms with Gasteiger partial charge in [0.05, 0.1) is 19.2 Å². The molecule has 3 N–H and O–H groups in total. The molecule has 0 radical (unpaired) electrons. The quantitative estimate of drug-likeness (QED) is 0.389. The molecule has 0 rings (SSSR count). The number of nitrogens with zero attached hydrogens (tertiary/aromatic N) is 1. The van der Waals surface area contributed by atoms with Gasteiger partial charge in [-0.05, 0) is 21.0 Å². The number of hydrogen-bond acceptors (Lipinski definition) is 6. The molecule has 0 aliphatic rings. The molecule has 0 fully saturated rings. The average Bonchev–Trinajstić information content (AvgIpc) is 2.31. The number of carbonyl (C=O) groups is 3. The van der Waals surface area contributed by atoms with E-state index in [0.717, 1.165) is 0 Å². The van der Waals surface area contributed by atoms with Crippen LogP contribution >= 0.6 is 12.6 Å². The van der Waals surface area contributed by atoms with Crippen molar-refractivity contribution in [3.8, 4) is 0 Å².